The molecule has 2 aliphatic heterocycles. The maximum Gasteiger partial charge on any atom is 0.262 e. The third kappa shape index (κ3) is 3.64. The van der Waals surface area contributed by atoms with E-state index in [1.807, 2.05) is 6.07 Å². The minimum Gasteiger partial charge on any atom is -0.396 e. The molecular weight excluding hydrogens is 362 g/mol. The van der Waals surface area contributed by atoms with Gasteiger partial charge in [0.25, 0.3) is 11.8 Å². The summed E-state index contributed by atoms with van der Waals surface area (Å²) in [6, 6.07) is 4.14. The van der Waals surface area contributed by atoms with Crippen LogP contribution < -0.4 is 10.2 Å². The normalized spacial score (nSPS) is 18.2. The predicted molar refractivity (Wildman–Crippen MR) is 102 cm³/mol. The van der Waals surface area contributed by atoms with Crippen LogP contribution in [0.3, 0.4) is 0 Å². The lowest BCUT2D eigenvalue weighted by Gasteiger charge is -2.33. The Morgan fingerprint density at radius 1 is 1.25 bits per heavy atom. The van der Waals surface area contributed by atoms with Crippen LogP contribution in [0.5, 0.6) is 0 Å². The Morgan fingerprint density at radius 2 is 1.93 bits per heavy atom. The van der Waals surface area contributed by atoms with E-state index in [-0.39, 0.29) is 30.6 Å². The van der Waals surface area contributed by atoms with Crippen molar-refractivity contribution in [2.45, 2.75) is 31.7 Å². The number of aliphatic hydroxyl groups is 1. The van der Waals surface area contributed by atoms with Crippen LogP contribution in [0.25, 0.3) is 0 Å². The van der Waals surface area contributed by atoms with Crippen LogP contribution in [0.15, 0.2) is 18.2 Å². The largest absolute Gasteiger partial charge is 0.396 e. The molecule has 3 rings (SSSR count). The number of hydrogen-bond donors (Lipinski definition) is 2. The fraction of sp³-hybridized carbons (Fsp3) is 0.500. The van der Waals surface area contributed by atoms with Gasteiger partial charge >= 0.3 is 0 Å². The smallest absolute Gasteiger partial charge is 0.262 e. The number of amides is 3. The lowest BCUT2D eigenvalue weighted by Crippen LogP contribution is -2.48. The van der Waals surface area contributed by atoms with E-state index in [9.17, 15) is 24.3 Å². The van der Waals surface area contributed by atoms with Gasteiger partial charge in [0.15, 0.2) is 0 Å². The number of aliphatic hydroxyl groups excluding tert-OH is 1. The molecule has 1 atom stereocenters. The second-order valence-corrected chi connectivity index (χ2v) is 7.20. The first-order chi connectivity index (χ1) is 13.5. The number of benzene rings is 1. The molecule has 0 aromatic heterocycles. The summed E-state index contributed by atoms with van der Waals surface area (Å²) in [4.78, 5) is 51.8. The van der Waals surface area contributed by atoms with Crippen molar-refractivity contribution >= 4 is 29.7 Å². The Morgan fingerprint density at radius 3 is 2.54 bits per heavy atom. The molecule has 0 radical (unpaired) electrons. The Bertz CT molecular complexity index is 786. The van der Waals surface area contributed by atoms with Gasteiger partial charge in [-0.05, 0) is 43.4 Å². The third-order valence-electron chi connectivity index (χ3n) is 5.56. The van der Waals surface area contributed by atoms with E-state index in [1.54, 1.807) is 12.1 Å². The van der Waals surface area contributed by atoms with Crippen LogP contribution in [0.1, 0.15) is 46.4 Å². The van der Waals surface area contributed by atoms with Crippen molar-refractivity contribution in [3.63, 3.8) is 0 Å². The maximum absolute atomic E-state index is 13.0. The Hall–Kier alpha value is -2.74. The quantitative estimate of drug-likeness (QED) is 0.524. The molecule has 1 unspecified atom stereocenters. The highest BCUT2D eigenvalue weighted by Crippen LogP contribution is 2.31. The molecular formula is C20H25N3O5. The monoisotopic (exact) mass is 387 g/mol. The summed E-state index contributed by atoms with van der Waals surface area (Å²) >= 11 is 0. The number of rotatable bonds is 7. The van der Waals surface area contributed by atoms with Gasteiger partial charge in [0, 0.05) is 38.9 Å². The van der Waals surface area contributed by atoms with Crippen molar-refractivity contribution < 1.29 is 24.3 Å². The highest BCUT2D eigenvalue weighted by molar-refractivity contribution is 6.23. The van der Waals surface area contributed by atoms with E-state index in [0.29, 0.717) is 12.2 Å². The molecule has 0 spiro atoms. The van der Waals surface area contributed by atoms with E-state index in [0.717, 1.165) is 36.5 Å². The van der Waals surface area contributed by atoms with Crippen LogP contribution in [0.4, 0.5) is 5.69 Å². The van der Waals surface area contributed by atoms with Crippen molar-refractivity contribution in [2.75, 3.05) is 31.6 Å². The molecule has 1 saturated heterocycles. The molecule has 8 nitrogen and oxygen atoms in total. The van der Waals surface area contributed by atoms with Crippen LogP contribution in [-0.4, -0.2) is 66.8 Å². The van der Waals surface area contributed by atoms with Crippen molar-refractivity contribution in [3.8, 4) is 0 Å². The average molecular weight is 387 g/mol. The maximum atomic E-state index is 13.0. The molecule has 8 heteroatoms. The summed E-state index contributed by atoms with van der Waals surface area (Å²) in [5, 5.41) is 11.7. The molecule has 150 valence electrons. The first-order valence-corrected chi connectivity index (χ1v) is 9.54. The molecule has 28 heavy (non-hydrogen) atoms. The van der Waals surface area contributed by atoms with Gasteiger partial charge in [-0.3, -0.25) is 19.3 Å². The number of fused-ring (bicyclic) bond motifs is 1. The summed E-state index contributed by atoms with van der Waals surface area (Å²) in [5.41, 5.74) is 1.41. The number of carbonyl (C=O) groups excluding carboxylic acids is 4. The van der Waals surface area contributed by atoms with Gasteiger partial charge in [-0.2, -0.15) is 0 Å². The zero-order chi connectivity index (χ0) is 20.3. The SMILES string of the molecule is CNC(=O)C(CCC=O)N1C(=O)c2ccc(N3CCC(CO)CC3)cc2C1=O. The molecule has 2 aliphatic rings. The average Bonchev–Trinajstić information content (AvgIpc) is 2.98. The summed E-state index contributed by atoms with van der Waals surface area (Å²) in [7, 11) is 1.43. The van der Waals surface area contributed by atoms with Gasteiger partial charge < -0.3 is 20.1 Å². The fourth-order valence-corrected chi connectivity index (χ4v) is 3.87. The molecule has 0 bridgehead atoms. The van der Waals surface area contributed by atoms with E-state index in [1.165, 1.54) is 7.05 Å². The summed E-state index contributed by atoms with van der Waals surface area (Å²) in [6.07, 6.45) is 2.59. The molecule has 2 N–H and O–H groups in total. The van der Waals surface area contributed by atoms with E-state index in [4.69, 9.17) is 0 Å². The van der Waals surface area contributed by atoms with Crippen LogP contribution >= 0.6 is 0 Å². The van der Waals surface area contributed by atoms with Gasteiger partial charge in [0.2, 0.25) is 5.91 Å². The van der Waals surface area contributed by atoms with Crippen LogP contribution in [-0.2, 0) is 9.59 Å². The lowest BCUT2D eigenvalue weighted by molar-refractivity contribution is -0.124. The number of likely N-dealkylation sites (N-methyl/N-ethyl adjacent to an activating group) is 1. The number of imide groups is 1. The summed E-state index contributed by atoms with van der Waals surface area (Å²) in [5.74, 6) is -1.19. The molecule has 2 heterocycles. The zero-order valence-corrected chi connectivity index (χ0v) is 15.9. The Balaban J connectivity index is 1.85. The zero-order valence-electron chi connectivity index (χ0n) is 15.9. The molecule has 3 amide bonds. The number of nitrogens with one attached hydrogen (secondary N) is 1. The van der Waals surface area contributed by atoms with E-state index >= 15 is 0 Å². The molecule has 0 saturated carbocycles. The highest BCUT2D eigenvalue weighted by Gasteiger charge is 2.42. The number of anilines is 1. The van der Waals surface area contributed by atoms with Crippen molar-refractivity contribution in [3.05, 3.63) is 29.3 Å². The van der Waals surface area contributed by atoms with Crippen molar-refractivity contribution in [1.29, 1.82) is 0 Å². The number of hydrogen-bond acceptors (Lipinski definition) is 6. The fourth-order valence-electron chi connectivity index (χ4n) is 3.87. The van der Waals surface area contributed by atoms with Gasteiger partial charge in [-0.1, -0.05) is 0 Å². The topological polar surface area (TPSA) is 107 Å². The predicted octanol–water partition coefficient (Wildman–Crippen LogP) is 0.585. The molecule has 1 aromatic carbocycles. The van der Waals surface area contributed by atoms with E-state index < -0.39 is 23.8 Å². The number of piperidine rings is 1. The van der Waals surface area contributed by atoms with Gasteiger partial charge in [0.05, 0.1) is 11.1 Å². The standard InChI is InChI=1S/C20H25N3O5/c1-21-18(26)17(3-2-10-24)23-19(27)15-5-4-14(11-16(15)20(23)28)22-8-6-13(12-25)7-9-22/h4-5,10-11,13,17,25H,2-3,6-9,12H2,1H3,(H,21,26). The number of nitrogens with zero attached hydrogens (tertiary/aromatic N) is 2. The van der Waals surface area contributed by atoms with Crippen molar-refractivity contribution in [1.82, 2.24) is 10.2 Å². The Labute approximate surface area is 163 Å². The molecule has 0 aliphatic carbocycles. The second-order valence-electron chi connectivity index (χ2n) is 7.20. The van der Waals surface area contributed by atoms with Crippen LogP contribution in [0.2, 0.25) is 0 Å². The van der Waals surface area contributed by atoms with Gasteiger partial charge in [-0.25, -0.2) is 0 Å². The molecule has 1 aromatic rings. The Kier molecular flexibility index (Phi) is 6.08. The van der Waals surface area contributed by atoms with E-state index in [2.05, 4.69) is 10.2 Å². The van der Waals surface area contributed by atoms with Gasteiger partial charge in [-0.15, -0.1) is 0 Å². The summed E-state index contributed by atoms with van der Waals surface area (Å²) in [6.45, 7) is 1.73. The third-order valence-corrected chi connectivity index (χ3v) is 5.56. The number of aldehydes is 1. The van der Waals surface area contributed by atoms with Gasteiger partial charge in [0.1, 0.15) is 12.3 Å². The summed E-state index contributed by atoms with van der Waals surface area (Å²) < 4.78 is 0. The number of carbonyl (C=O) groups is 4. The highest BCUT2D eigenvalue weighted by atomic mass is 16.3. The minimum absolute atomic E-state index is 0.0799. The minimum atomic E-state index is -1.01. The molecule has 1 fully saturated rings. The first-order valence-electron chi connectivity index (χ1n) is 9.54. The van der Waals surface area contributed by atoms with Crippen LogP contribution in [0, 0.1) is 5.92 Å². The lowest BCUT2D eigenvalue weighted by atomic mass is 9.97. The van der Waals surface area contributed by atoms with Crippen molar-refractivity contribution in [2.24, 2.45) is 5.92 Å². The second kappa shape index (κ2) is 8.52. The first kappa shape index (κ1) is 20.0.